The second-order valence-electron chi connectivity index (χ2n) is 3.94. The number of carboxylic acid groups (broad SMARTS) is 1. The van der Waals surface area contributed by atoms with E-state index in [2.05, 4.69) is 5.32 Å². The highest BCUT2D eigenvalue weighted by Gasteiger charge is 2.09. The second kappa shape index (κ2) is 5.18. The average Bonchev–Trinajstić information content (AvgIpc) is 2.15. The summed E-state index contributed by atoms with van der Waals surface area (Å²) in [6.45, 7) is 1.75. The van der Waals surface area contributed by atoms with E-state index >= 15 is 0 Å². The molecular weight excluding hydrogens is 242 g/mol. The van der Waals surface area contributed by atoms with Gasteiger partial charge >= 0.3 is 5.97 Å². The highest BCUT2D eigenvalue weighted by Crippen LogP contribution is 2.15. The molecule has 0 aromatic heterocycles. The molecule has 5 nitrogen and oxygen atoms in total. The van der Waals surface area contributed by atoms with E-state index in [1.165, 1.54) is 12.1 Å². The minimum absolute atomic E-state index is 0.00777. The molecule has 1 aromatic rings. The summed E-state index contributed by atoms with van der Waals surface area (Å²) < 4.78 is 22.4. The molecule has 17 heavy (non-hydrogen) atoms. The lowest BCUT2D eigenvalue weighted by Crippen LogP contribution is -2.19. The maximum atomic E-state index is 11.2. The molecule has 0 radical (unpaired) electrons. The number of carboxylic acids is 1. The van der Waals surface area contributed by atoms with Crippen LogP contribution in [0.2, 0.25) is 0 Å². The highest BCUT2D eigenvalue weighted by atomic mass is 32.2. The van der Waals surface area contributed by atoms with Gasteiger partial charge in [-0.2, -0.15) is 0 Å². The maximum absolute atomic E-state index is 11.2. The van der Waals surface area contributed by atoms with E-state index in [0.717, 1.165) is 6.26 Å². The van der Waals surface area contributed by atoms with Crippen molar-refractivity contribution in [2.24, 2.45) is 0 Å². The number of benzene rings is 1. The molecule has 0 amide bonds. The quantitative estimate of drug-likeness (QED) is 0.832. The van der Waals surface area contributed by atoms with Gasteiger partial charge in [-0.3, -0.25) is 4.79 Å². The predicted octanol–water partition coefficient (Wildman–Crippen LogP) is 1.37. The van der Waals surface area contributed by atoms with Crippen molar-refractivity contribution >= 4 is 21.5 Å². The van der Waals surface area contributed by atoms with Crippen molar-refractivity contribution in [2.45, 2.75) is 24.3 Å². The average molecular weight is 257 g/mol. The minimum atomic E-state index is -3.19. The van der Waals surface area contributed by atoms with Crippen molar-refractivity contribution < 1.29 is 18.3 Å². The summed E-state index contributed by atoms with van der Waals surface area (Å²) in [6.07, 6.45) is 1.15. The normalized spacial score (nSPS) is 13.1. The Kier molecular flexibility index (Phi) is 4.11. The number of hydrogen-bond acceptors (Lipinski definition) is 4. The summed E-state index contributed by atoms with van der Waals surface area (Å²) in [5.41, 5.74) is 0.700. The van der Waals surface area contributed by atoms with Crippen molar-refractivity contribution in [1.29, 1.82) is 0 Å². The zero-order chi connectivity index (χ0) is 13.1. The van der Waals surface area contributed by atoms with E-state index in [0.29, 0.717) is 5.69 Å². The predicted molar refractivity (Wildman–Crippen MR) is 64.9 cm³/mol. The fourth-order valence-electron chi connectivity index (χ4n) is 1.40. The van der Waals surface area contributed by atoms with Gasteiger partial charge in [-0.05, 0) is 31.2 Å². The third-order valence-electron chi connectivity index (χ3n) is 2.18. The Hall–Kier alpha value is -1.56. The molecule has 0 aliphatic carbocycles. The van der Waals surface area contributed by atoms with Crippen molar-refractivity contribution in [3.8, 4) is 0 Å². The van der Waals surface area contributed by atoms with Crippen molar-refractivity contribution in [3.63, 3.8) is 0 Å². The third-order valence-corrected chi connectivity index (χ3v) is 3.30. The molecule has 1 rings (SSSR count). The summed E-state index contributed by atoms with van der Waals surface area (Å²) in [5, 5.41) is 11.6. The first-order chi connectivity index (χ1) is 7.79. The lowest BCUT2D eigenvalue weighted by Gasteiger charge is -2.13. The Bertz CT molecular complexity index is 493. The van der Waals surface area contributed by atoms with Crippen LogP contribution in [-0.2, 0) is 14.6 Å². The standard InChI is InChI=1S/C11H15NO4S/c1-8(7-11(13)14)12-9-3-5-10(6-4-9)17(2,15)16/h3-6,8,12H,7H2,1-2H3,(H,13,14). The van der Waals surface area contributed by atoms with E-state index in [1.807, 2.05) is 0 Å². The molecule has 2 N–H and O–H groups in total. The Morgan fingerprint density at radius 3 is 2.29 bits per heavy atom. The van der Waals surface area contributed by atoms with Crippen LogP contribution in [0, 0.1) is 0 Å². The Morgan fingerprint density at radius 2 is 1.88 bits per heavy atom. The molecule has 1 atom stereocenters. The van der Waals surface area contributed by atoms with Gasteiger partial charge in [0.05, 0.1) is 11.3 Å². The highest BCUT2D eigenvalue weighted by molar-refractivity contribution is 7.90. The molecule has 1 aromatic carbocycles. The van der Waals surface area contributed by atoms with E-state index in [4.69, 9.17) is 5.11 Å². The second-order valence-corrected chi connectivity index (χ2v) is 5.96. The first-order valence-corrected chi connectivity index (χ1v) is 6.96. The lowest BCUT2D eigenvalue weighted by atomic mass is 10.2. The van der Waals surface area contributed by atoms with Gasteiger partial charge in [-0.25, -0.2) is 8.42 Å². The van der Waals surface area contributed by atoms with Crippen molar-refractivity contribution in [1.82, 2.24) is 0 Å². The molecule has 0 saturated heterocycles. The van der Waals surface area contributed by atoms with Gasteiger partial charge in [-0.15, -0.1) is 0 Å². The fourth-order valence-corrected chi connectivity index (χ4v) is 2.03. The molecule has 0 heterocycles. The minimum Gasteiger partial charge on any atom is -0.481 e. The smallest absolute Gasteiger partial charge is 0.305 e. The first kappa shape index (κ1) is 13.5. The van der Waals surface area contributed by atoms with Crippen LogP contribution in [0.1, 0.15) is 13.3 Å². The van der Waals surface area contributed by atoms with E-state index in [1.54, 1.807) is 19.1 Å². The van der Waals surface area contributed by atoms with Gasteiger partial charge < -0.3 is 10.4 Å². The van der Waals surface area contributed by atoms with Gasteiger partial charge in [0.1, 0.15) is 0 Å². The van der Waals surface area contributed by atoms with Crippen LogP contribution in [0.15, 0.2) is 29.2 Å². The van der Waals surface area contributed by atoms with Crippen molar-refractivity contribution in [3.05, 3.63) is 24.3 Å². The number of hydrogen-bond donors (Lipinski definition) is 2. The Balaban J connectivity index is 2.72. The first-order valence-electron chi connectivity index (χ1n) is 5.07. The zero-order valence-electron chi connectivity index (χ0n) is 9.67. The monoisotopic (exact) mass is 257 g/mol. The molecule has 0 spiro atoms. The summed E-state index contributed by atoms with van der Waals surface area (Å²) in [7, 11) is -3.19. The molecule has 6 heteroatoms. The molecule has 0 bridgehead atoms. The molecule has 0 aliphatic heterocycles. The zero-order valence-corrected chi connectivity index (χ0v) is 10.5. The molecule has 0 fully saturated rings. The SMILES string of the molecule is CC(CC(=O)O)Nc1ccc(S(C)(=O)=O)cc1. The number of aliphatic carboxylic acids is 1. The summed E-state index contributed by atoms with van der Waals surface area (Å²) in [4.78, 5) is 10.7. The number of nitrogens with one attached hydrogen (secondary N) is 1. The van der Waals surface area contributed by atoms with E-state index in [-0.39, 0.29) is 17.4 Å². The Morgan fingerprint density at radius 1 is 1.35 bits per heavy atom. The molecular formula is C11H15NO4S. The van der Waals surface area contributed by atoms with Crippen molar-refractivity contribution in [2.75, 3.05) is 11.6 Å². The van der Waals surface area contributed by atoms with Crippen LogP contribution >= 0.6 is 0 Å². The van der Waals surface area contributed by atoms with Gasteiger partial charge in [0.2, 0.25) is 0 Å². The Labute approximate surface area is 100 Å². The molecule has 94 valence electrons. The number of anilines is 1. The fraction of sp³-hybridized carbons (Fsp3) is 0.364. The summed E-state index contributed by atoms with van der Waals surface area (Å²) in [6, 6.07) is 6.01. The third kappa shape index (κ3) is 4.44. The molecule has 0 aliphatic rings. The lowest BCUT2D eigenvalue weighted by molar-refractivity contribution is -0.137. The van der Waals surface area contributed by atoms with Gasteiger partial charge in [0.25, 0.3) is 0 Å². The number of rotatable bonds is 5. The maximum Gasteiger partial charge on any atom is 0.305 e. The van der Waals surface area contributed by atoms with Crippen LogP contribution in [0.5, 0.6) is 0 Å². The number of carbonyl (C=O) groups is 1. The van der Waals surface area contributed by atoms with Crippen LogP contribution in [-0.4, -0.2) is 31.8 Å². The number of sulfone groups is 1. The summed E-state index contributed by atoms with van der Waals surface area (Å²) >= 11 is 0. The van der Waals surface area contributed by atoms with Crippen LogP contribution < -0.4 is 5.32 Å². The molecule has 1 unspecified atom stereocenters. The molecule has 0 saturated carbocycles. The van der Waals surface area contributed by atoms with Crippen LogP contribution in [0.25, 0.3) is 0 Å². The van der Waals surface area contributed by atoms with E-state index in [9.17, 15) is 13.2 Å². The largest absolute Gasteiger partial charge is 0.481 e. The van der Waals surface area contributed by atoms with Gasteiger partial charge in [0, 0.05) is 18.0 Å². The van der Waals surface area contributed by atoms with E-state index < -0.39 is 15.8 Å². The van der Waals surface area contributed by atoms with Gasteiger partial charge in [-0.1, -0.05) is 0 Å². The van der Waals surface area contributed by atoms with Crippen LogP contribution in [0.4, 0.5) is 5.69 Å². The summed E-state index contributed by atoms with van der Waals surface area (Å²) in [5.74, 6) is -0.877. The van der Waals surface area contributed by atoms with Gasteiger partial charge in [0.15, 0.2) is 9.84 Å². The van der Waals surface area contributed by atoms with Crippen LogP contribution in [0.3, 0.4) is 0 Å². The topological polar surface area (TPSA) is 83.5 Å².